The second kappa shape index (κ2) is 9.28. The number of rotatable bonds is 6. The van der Waals surface area contributed by atoms with Crippen LogP contribution in [-0.2, 0) is 11.3 Å². The van der Waals surface area contributed by atoms with Crippen LogP contribution in [0.4, 0.5) is 10.1 Å². The van der Waals surface area contributed by atoms with Crippen LogP contribution in [0, 0.1) is 11.7 Å². The number of anilines is 1. The zero-order chi connectivity index (χ0) is 20.9. The molecular weight excluding hydrogens is 381 g/mol. The lowest BCUT2D eigenvalue weighted by atomic mass is 9.84. The van der Waals surface area contributed by atoms with E-state index in [-0.39, 0.29) is 29.6 Å². The molecule has 0 aromatic heterocycles. The van der Waals surface area contributed by atoms with Crippen LogP contribution in [0.5, 0.6) is 0 Å². The van der Waals surface area contributed by atoms with E-state index in [1.807, 2.05) is 24.3 Å². The Balaban J connectivity index is 1.34. The zero-order valence-electron chi connectivity index (χ0n) is 17.1. The quantitative estimate of drug-likeness (QED) is 0.766. The predicted molar refractivity (Wildman–Crippen MR) is 115 cm³/mol. The van der Waals surface area contributed by atoms with Crippen LogP contribution in [0.15, 0.2) is 48.5 Å². The van der Waals surface area contributed by atoms with E-state index in [4.69, 9.17) is 0 Å². The van der Waals surface area contributed by atoms with Gasteiger partial charge in [-0.15, -0.1) is 0 Å². The second-order valence-corrected chi connectivity index (χ2v) is 8.22. The molecule has 1 saturated carbocycles. The average molecular weight is 410 g/mol. The number of carbonyl (C=O) groups is 2. The molecule has 0 atom stereocenters. The van der Waals surface area contributed by atoms with Gasteiger partial charge in [-0.3, -0.25) is 9.59 Å². The van der Waals surface area contributed by atoms with Crippen LogP contribution in [0.25, 0.3) is 0 Å². The third kappa shape index (κ3) is 4.81. The van der Waals surface area contributed by atoms with Crippen molar-refractivity contribution in [3.63, 3.8) is 0 Å². The summed E-state index contributed by atoms with van der Waals surface area (Å²) in [6, 6.07) is 14.0. The summed E-state index contributed by atoms with van der Waals surface area (Å²) in [5.41, 5.74) is 2.40. The summed E-state index contributed by atoms with van der Waals surface area (Å²) in [5, 5.41) is 6.13. The van der Waals surface area contributed by atoms with Crippen LogP contribution in [0.1, 0.15) is 48.0 Å². The Kier molecular flexibility index (Phi) is 6.31. The van der Waals surface area contributed by atoms with Crippen LogP contribution < -0.4 is 15.5 Å². The maximum absolute atomic E-state index is 13.1. The summed E-state index contributed by atoms with van der Waals surface area (Å²) in [6.07, 6.45) is 4.96. The standard InChI is InChI=1S/C24H28FN3O2/c25-19-10-8-17(9-11-19)16-26-24(30)21-6-1-2-7-22(21)28-14-12-20(13-15-28)27-23(29)18-4-3-5-18/h1-2,6-11,18,20H,3-5,12-16H2,(H,26,30)(H,27,29). The van der Waals surface area contributed by atoms with E-state index >= 15 is 0 Å². The lowest BCUT2D eigenvalue weighted by Crippen LogP contribution is -2.47. The Morgan fingerprint density at radius 1 is 0.967 bits per heavy atom. The molecule has 1 heterocycles. The molecule has 2 N–H and O–H groups in total. The molecule has 4 rings (SSSR count). The number of piperidine rings is 1. The van der Waals surface area contributed by atoms with Crippen LogP contribution in [0.3, 0.4) is 0 Å². The highest BCUT2D eigenvalue weighted by Crippen LogP contribution is 2.28. The number of hydrogen-bond donors (Lipinski definition) is 2. The molecule has 2 aliphatic rings. The Labute approximate surface area is 176 Å². The number of nitrogens with zero attached hydrogens (tertiary/aromatic N) is 1. The first kappa shape index (κ1) is 20.4. The molecular formula is C24H28FN3O2. The molecule has 30 heavy (non-hydrogen) atoms. The Bertz CT molecular complexity index is 888. The molecule has 2 amide bonds. The van der Waals surface area contributed by atoms with Gasteiger partial charge >= 0.3 is 0 Å². The smallest absolute Gasteiger partial charge is 0.253 e. The predicted octanol–water partition coefficient (Wildman–Crippen LogP) is 3.64. The first-order valence-corrected chi connectivity index (χ1v) is 10.8. The first-order chi connectivity index (χ1) is 14.6. The van der Waals surface area contributed by atoms with E-state index in [2.05, 4.69) is 15.5 Å². The summed E-state index contributed by atoms with van der Waals surface area (Å²) >= 11 is 0. The average Bonchev–Trinajstić information content (AvgIpc) is 2.72. The molecule has 0 bridgehead atoms. The van der Waals surface area contributed by atoms with Crippen molar-refractivity contribution in [2.75, 3.05) is 18.0 Å². The molecule has 5 nitrogen and oxygen atoms in total. The van der Waals surface area contributed by atoms with Crippen molar-refractivity contribution in [2.45, 2.75) is 44.7 Å². The van der Waals surface area contributed by atoms with Gasteiger partial charge in [-0.2, -0.15) is 0 Å². The van der Waals surface area contributed by atoms with Gasteiger partial charge in [-0.25, -0.2) is 4.39 Å². The summed E-state index contributed by atoms with van der Waals surface area (Å²) in [6.45, 7) is 1.96. The van der Waals surface area contributed by atoms with Crippen molar-refractivity contribution >= 4 is 17.5 Å². The van der Waals surface area contributed by atoms with Crippen LogP contribution in [-0.4, -0.2) is 30.9 Å². The van der Waals surface area contributed by atoms with Gasteiger partial charge in [-0.1, -0.05) is 30.7 Å². The minimum absolute atomic E-state index is 0.143. The number of halogens is 1. The number of nitrogens with one attached hydrogen (secondary N) is 2. The molecule has 2 aromatic carbocycles. The number of carbonyl (C=O) groups excluding carboxylic acids is 2. The molecule has 0 radical (unpaired) electrons. The molecule has 158 valence electrons. The first-order valence-electron chi connectivity index (χ1n) is 10.8. The van der Waals surface area contributed by atoms with Crippen LogP contribution >= 0.6 is 0 Å². The van der Waals surface area contributed by atoms with E-state index in [9.17, 15) is 14.0 Å². The SMILES string of the molecule is O=C(NCc1ccc(F)cc1)c1ccccc1N1CCC(NC(=O)C2CCC2)CC1. The summed E-state index contributed by atoms with van der Waals surface area (Å²) < 4.78 is 13.1. The van der Waals surface area contributed by atoms with Crippen molar-refractivity contribution in [3.8, 4) is 0 Å². The molecule has 6 heteroatoms. The lowest BCUT2D eigenvalue weighted by molar-refractivity contribution is -0.128. The molecule has 0 spiro atoms. The lowest BCUT2D eigenvalue weighted by Gasteiger charge is -2.36. The van der Waals surface area contributed by atoms with Gasteiger partial charge in [0.25, 0.3) is 5.91 Å². The number of benzene rings is 2. The monoisotopic (exact) mass is 409 g/mol. The van der Waals surface area contributed by atoms with Gasteiger partial charge in [0.15, 0.2) is 0 Å². The fraction of sp³-hybridized carbons (Fsp3) is 0.417. The highest BCUT2D eigenvalue weighted by Gasteiger charge is 2.29. The minimum atomic E-state index is -0.289. The molecule has 1 saturated heterocycles. The molecule has 2 aromatic rings. The highest BCUT2D eigenvalue weighted by atomic mass is 19.1. The zero-order valence-corrected chi connectivity index (χ0v) is 17.1. The largest absolute Gasteiger partial charge is 0.371 e. The normalized spacial score (nSPS) is 17.3. The molecule has 1 aliphatic carbocycles. The van der Waals surface area contributed by atoms with E-state index in [0.29, 0.717) is 12.1 Å². The van der Waals surface area contributed by atoms with Gasteiger partial charge in [0, 0.05) is 37.3 Å². The molecule has 2 fully saturated rings. The van der Waals surface area contributed by atoms with Gasteiger partial charge < -0.3 is 15.5 Å². The van der Waals surface area contributed by atoms with Crippen LogP contribution in [0.2, 0.25) is 0 Å². The van der Waals surface area contributed by atoms with Crippen molar-refractivity contribution in [1.29, 1.82) is 0 Å². The number of hydrogen-bond acceptors (Lipinski definition) is 3. The van der Waals surface area contributed by atoms with Gasteiger partial charge in [0.05, 0.1) is 5.56 Å². The second-order valence-electron chi connectivity index (χ2n) is 8.22. The maximum atomic E-state index is 13.1. The van der Waals surface area contributed by atoms with E-state index in [1.54, 1.807) is 12.1 Å². The summed E-state index contributed by atoms with van der Waals surface area (Å²) in [4.78, 5) is 27.2. The minimum Gasteiger partial charge on any atom is -0.371 e. The van der Waals surface area contributed by atoms with Crippen molar-refractivity contribution in [3.05, 3.63) is 65.5 Å². The number of para-hydroxylation sites is 1. The van der Waals surface area contributed by atoms with Crippen molar-refractivity contribution in [2.24, 2.45) is 5.92 Å². The Hall–Kier alpha value is -2.89. The third-order valence-corrected chi connectivity index (χ3v) is 6.17. The van der Waals surface area contributed by atoms with Crippen molar-refractivity contribution in [1.82, 2.24) is 10.6 Å². The topological polar surface area (TPSA) is 61.4 Å². The fourth-order valence-corrected chi connectivity index (χ4v) is 4.08. The van der Waals surface area contributed by atoms with E-state index in [1.165, 1.54) is 12.1 Å². The van der Waals surface area contributed by atoms with Gasteiger partial charge in [0.2, 0.25) is 5.91 Å². The van der Waals surface area contributed by atoms with Gasteiger partial charge in [0.1, 0.15) is 5.82 Å². The molecule has 0 unspecified atom stereocenters. The molecule has 1 aliphatic heterocycles. The Morgan fingerprint density at radius 3 is 2.33 bits per heavy atom. The highest BCUT2D eigenvalue weighted by molar-refractivity contribution is 5.99. The summed E-state index contributed by atoms with van der Waals surface area (Å²) in [5.74, 6) is -0.00753. The van der Waals surface area contributed by atoms with Gasteiger partial charge in [-0.05, 0) is 55.5 Å². The third-order valence-electron chi connectivity index (χ3n) is 6.17. The fourth-order valence-electron chi connectivity index (χ4n) is 4.08. The Morgan fingerprint density at radius 2 is 1.67 bits per heavy atom. The van der Waals surface area contributed by atoms with Crippen molar-refractivity contribution < 1.29 is 14.0 Å². The maximum Gasteiger partial charge on any atom is 0.253 e. The van der Waals surface area contributed by atoms with E-state index in [0.717, 1.165) is 56.4 Å². The summed E-state index contributed by atoms with van der Waals surface area (Å²) in [7, 11) is 0. The number of amides is 2. The van der Waals surface area contributed by atoms with E-state index < -0.39 is 0 Å².